The molecule has 196 valence electrons. The first-order valence-electron chi connectivity index (χ1n) is 12.9. The number of ether oxygens (including phenoxy) is 2. The molecule has 1 amide bonds. The normalized spacial score (nSPS) is 14.0. The van der Waals surface area contributed by atoms with Crippen molar-refractivity contribution < 1.29 is 14.3 Å². The molecule has 0 spiro atoms. The molecule has 1 saturated heterocycles. The van der Waals surface area contributed by atoms with Gasteiger partial charge in [0.2, 0.25) is 0 Å². The molecule has 1 aliphatic rings. The Morgan fingerprint density at radius 1 is 0.846 bits per heavy atom. The van der Waals surface area contributed by atoms with E-state index in [1.807, 2.05) is 84.9 Å². The van der Waals surface area contributed by atoms with E-state index in [9.17, 15) is 4.79 Å². The van der Waals surface area contributed by atoms with E-state index in [1.165, 1.54) is 5.56 Å². The number of carbonyl (C=O) groups excluding carboxylic acids is 1. The van der Waals surface area contributed by atoms with Crippen LogP contribution in [-0.2, 0) is 24.2 Å². The summed E-state index contributed by atoms with van der Waals surface area (Å²) < 4.78 is 11.9. The molecular formula is C33H30N2O3S. The standard InChI is InChI=1S/C33H30N2O3S/c1-3-25-13-7-9-15-29(25)35-32(36)28(34-33(35)39)21-24-17-18-30(37-2)27(20-24)22-38-31-16-10-8-14-26(31)19-23-11-5-4-6-12-23/h4-18,20-21H,3,19,22H2,1-2H3,(H,34,39)/b28-21+. The maximum Gasteiger partial charge on any atom is 0.281 e. The van der Waals surface area contributed by atoms with Crippen LogP contribution < -0.4 is 19.7 Å². The van der Waals surface area contributed by atoms with Gasteiger partial charge in [-0.3, -0.25) is 9.69 Å². The van der Waals surface area contributed by atoms with Crippen LogP contribution in [0.4, 0.5) is 5.69 Å². The number of nitrogens with zero attached hydrogens (tertiary/aromatic N) is 1. The van der Waals surface area contributed by atoms with Gasteiger partial charge in [-0.1, -0.05) is 79.7 Å². The van der Waals surface area contributed by atoms with Gasteiger partial charge in [-0.05, 0) is 71.2 Å². The number of amides is 1. The summed E-state index contributed by atoms with van der Waals surface area (Å²) in [6, 6.07) is 32.0. The number of benzene rings is 4. The van der Waals surface area contributed by atoms with E-state index in [1.54, 1.807) is 12.0 Å². The Morgan fingerprint density at radius 2 is 1.56 bits per heavy atom. The van der Waals surface area contributed by atoms with Crippen molar-refractivity contribution in [1.29, 1.82) is 0 Å². The van der Waals surface area contributed by atoms with Crippen molar-refractivity contribution in [3.05, 3.63) is 131 Å². The van der Waals surface area contributed by atoms with Crippen LogP contribution in [0.15, 0.2) is 103 Å². The van der Waals surface area contributed by atoms with Crippen molar-refractivity contribution in [1.82, 2.24) is 5.32 Å². The molecule has 0 unspecified atom stereocenters. The second-order valence-electron chi connectivity index (χ2n) is 9.24. The van der Waals surface area contributed by atoms with Crippen LogP contribution in [-0.4, -0.2) is 18.1 Å². The SMILES string of the molecule is CCc1ccccc1N1C(=O)/C(=C\c2ccc(OC)c(COc3ccccc3Cc3ccccc3)c2)NC1=S. The van der Waals surface area contributed by atoms with Crippen LogP contribution in [0, 0.1) is 0 Å². The summed E-state index contributed by atoms with van der Waals surface area (Å²) in [5.74, 6) is 1.37. The number of nitrogens with one attached hydrogen (secondary N) is 1. The van der Waals surface area contributed by atoms with E-state index in [2.05, 4.69) is 30.4 Å². The second-order valence-corrected chi connectivity index (χ2v) is 9.63. The summed E-state index contributed by atoms with van der Waals surface area (Å²) in [7, 11) is 1.64. The summed E-state index contributed by atoms with van der Waals surface area (Å²) >= 11 is 5.53. The first-order chi connectivity index (χ1) is 19.1. The number of carbonyl (C=O) groups is 1. The number of anilines is 1. The van der Waals surface area contributed by atoms with Crippen molar-refractivity contribution in [2.75, 3.05) is 12.0 Å². The number of aryl methyl sites for hydroxylation is 1. The highest BCUT2D eigenvalue weighted by atomic mass is 32.1. The first kappa shape index (κ1) is 26.2. The number of thiocarbonyl (C=S) groups is 1. The van der Waals surface area contributed by atoms with Crippen LogP contribution in [0.2, 0.25) is 0 Å². The van der Waals surface area contributed by atoms with Crippen molar-refractivity contribution in [3.8, 4) is 11.5 Å². The van der Waals surface area contributed by atoms with Gasteiger partial charge >= 0.3 is 0 Å². The highest BCUT2D eigenvalue weighted by molar-refractivity contribution is 7.80. The van der Waals surface area contributed by atoms with Crippen molar-refractivity contribution in [2.24, 2.45) is 0 Å². The fourth-order valence-electron chi connectivity index (χ4n) is 4.71. The van der Waals surface area contributed by atoms with E-state index in [4.69, 9.17) is 21.7 Å². The van der Waals surface area contributed by atoms with Gasteiger partial charge in [0, 0.05) is 12.0 Å². The molecule has 1 aliphatic heterocycles. The zero-order chi connectivity index (χ0) is 27.2. The predicted octanol–water partition coefficient (Wildman–Crippen LogP) is 6.69. The third kappa shape index (κ3) is 5.86. The number of rotatable bonds is 9. The van der Waals surface area contributed by atoms with Gasteiger partial charge in [-0.2, -0.15) is 0 Å². The largest absolute Gasteiger partial charge is 0.496 e. The van der Waals surface area contributed by atoms with Crippen molar-refractivity contribution >= 4 is 35.0 Å². The zero-order valence-electron chi connectivity index (χ0n) is 22.0. The third-order valence-electron chi connectivity index (χ3n) is 6.70. The Bertz CT molecular complexity index is 1530. The fraction of sp³-hybridized carbons (Fsp3) is 0.152. The first-order valence-corrected chi connectivity index (χ1v) is 13.3. The molecule has 0 atom stereocenters. The summed E-state index contributed by atoms with van der Waals surface area (Å²) in [6.07, 6.45) is 3.40. The van der Waals surface area contributed by atoms with Gasteiger partial charge in [0.25, 0.3) is 5.91 Å². The highest BCUT2D eigenvalue weighted by Gasteiger charge is 2.33. The van der Waals surface area contributed by atoms with Crippen molar-refractivity contribution in [3.63, 3.8) is 0 Å². The van der Waals surface area contributed by atoms with E-state index in [-0.39, 0.29) is 5.91 Å². The average Bonchev–Trinajstić information content (AvgIpc) is 3.25. The molecule has 1 heterocycles. The van der Waals surface area contributed by atoms with E-state index < -0.39 is 0 Å². The molecule has 39 heavy (non-hydrogen) atoms. The van der Waals surface area contributed by atoms with Crippen LogP contribution >= 0.6 is 12.2 Å². The second kappa shape index (κ2) is 12.0. The Labute approximate surface area is 234 Å². The molecule has 6 heteroatoms. The summed E-state index contributed by atoms with van der Waals surface area (Å²) in [4.78, 5) is 14.9. The van der Waals surface area contributed by atoms with Crippen LogP contribution in [0.3, 0.4) is 0 Å². The molecule has 4 aromatic rings. The van der Waals surface area contributed by atoms with E-state index in [0.717, 1.165) is 52.3 Å². The molecule has 1 N–H and O–H groups in total. The molecule has 5 nitrogen and oxygen atoms in total. The fourth-order valence-corrected chi connectivity index (χ4v) is 5.00. The average molecular weight is 535 g/mol. The Kier molecular flexibility index (Phi) is 8.04. The van der Waals surface area contributed by atoms with Crippen LogP contribution in [0.1, 0.15) is 34.7 Å². The van der Waals surface area contributed by atoms with Crippen molar-refractivity contribution in [2.45, 2.75) is 26.4 Å². The predicted molar refractivity (Wildman–Crippen MR) is 160 cm³/mol. The molecule has 4 aromatic carbocycles. The Balaban J connectivity index is 1.37. The number of methoxy groups -OCH3 is 1. The zero-order valence-corrected chi connectivity index (χ0v) is 22.8. The quantitative estimate of drug-likeness (QED) is 0.192. The molecule has 0 saturated carbocycles. The minimum Gasteiger partial charge on any atom is -0.496 e. The lowest BCUT2D eigenvalue weighted by atomic mass is 10.0. The summed E-state index contributed by atoms with van der Waals surface area (Å²) in [5.41, 5.74) is 6.36. The summed E-state index contributed by atoms with van der Waals surface area (Å²) in [5, 5.41) is 3.47. The molecule has 0 radical (unpaired) electrons. The molecular weight excluding hydrogens is 504 g/mol. The highest BCUT2D eigenvalue weighted by Crippen LogP contribution is 2.29. The Hall–Kier alpha value is -4.42. The molecule has 5 rings (SSSR count). The van der Waals surface area contributed by atoms with Gasteiger partial charge in [0.1, 0.15) is 23.8 Å². The Morgan fingerprint density at radius 3 is 2.33 bits per heavy atom. The molecule has 0 bridgehead atoms. The van der Waals surface area contributed by atoms with E-state index >= 15 is 0 Å². The van der Waals surface area contributed by atoms with Gasteiger partial charge in [-0.15, -0.1) is 0 Å². The number of hydrogen-bond acceptors (Lipinski definition) is 4. The molecule has 0 aliphatic carbocycles. The maximum absolute atomic E-state index is 13.4. The lowest BCUT2D eigenvalue weighted by Gasteiger charge is -2.17. The topological polar surface area (TPSA) is 50.8 Å². The number of hydrogen-bond donors (Lipinski definition) is 1. The lowest BCUT2D eigenvalue weighted by Crippen LogP contribution is -2.31. The number of para-hydroxylation sites is 2. The van der Waals surface area contributed by atoms with Gasteiger partial charge in [-0.25, -0.2) is 0 Å². The van der Waals surface area contributed by atoms with Crippen LogP contribution in [0.5, 0.6) is 11.5 Å². The summed E-state index contributed by atoms with van der Waals surface area (Å²) in [6.45, 7) is 2.38. The minimum atomic E-state index is -0.177. The molecule has 1 fully saturated rings. The minimum absolute atomic E-state index is 0.177. The van der Waals surface area contributed by atoms with Gasteiger partial charge in [0.15, 0.2) is 5.11 Å². The van der Waals surface area contributed by atoms with Gasteiger partial charge < -0.3 is 14.8 Å². The molecule has 0 aromatic heterocycles. The third-order valence-corrected chi connectivity index (χ3v) is 6.98. The monoisotopic (exact) mass is 534 g/mol. The smallest absolute Gasteiger partial charge is 0.281 e. The van der Waals surface area contributed by atoms with Crippen LogP contribution in [0.25, 0.3) is 6.08 Å². The lowest BCUT2D eigenvalue weighted by molar-refractivity contribution is -0.113. The maximum atomic E-state index is 13.4. The van der Waals surface area contributed by atoms with E-state index in [0.29, 0.717) is 17.4 Å². The van der Waals surface area contributed by atoms with Gasteiger partial charge in [0.05, 0.1) is 12.8 Å².